The van der Waals surface area contributed by atoms with Gasteiger partial charge < -0.3 is 19.5 Å². The summed E-state index contributed by atoms with van der Waals surface area (Å²) in [6, 6.07) is 11.0. The molecule has 3 rings (SSSR count). The van der Waals surface area contributed by atoms with Crippen LogP contribution in [0.1, 0.15) is 24.4 Å². The van der Waals surface area contributed by atoms with Crippen molar-refractivity contribution < 1.29 is 19.0 Å². The van der Waals surface area contributed by atoms with Crippen LogP contribution >= 0.6 is 11.6 Å². The van der Waals surface area contributed by atoms with E-state index in [1.54, 1.807) is 39.5 Å². The zero-order chi connectivity index (χ0) is 20.1. The van der Waals surface area contributed by atoms with E-state index in [0.717, 1.165) is 36.4 Å². The predicted octanol–water partition coefficient (Wildman–Crippen LogP) is 4.14. The van der Waals surface area contributed by atoms with Crippen molar-refractivity contribution in [2.45, 2.75) is 18.9 Å². The number of amides is 1. The molecule has 2 aromatic rings. The molecule has 1 amide bonds. The highest BCUT2D eigenvalue weighted by atomic mass is 35.5. The third-order valence-corrected chi connectivity index (χ3v) is 5.18. The fourth-order valence-electron chi connectivity index (χ4n) is 3.62. The number of methoxy groups -OCH3 is 3. The van der Waals surface area contributed by atoms with E-state index in [1.807, 2.05) is 18.2 Å². The fourth-order valence-corrected chi connectivity index (χ4v) is 3.79. The van der Waals surface area contributed by atoms with Gasteiger partial charge in [0.1, 0.15) is 17.2 Å². The zero-order valence-corrected chi connectivity index (χ0v) is 17.1. The molecular formula is C21H25ClN2O4. The number of likely N-dealkylation sites (tertiary alicyclic amines) is 1. The second kappa shape index (κ2) is 9.17. The fraction of sp³-hybridized carbons (Fsp3) is 0.381. The van der Waals surface area contributed by atoms with Gasteiger partial charge in [-0.3, -0.25) is 9.69 Å². The Bertz CT molecular complexity index is 843. The van der Waals surface area contributed by atoms with Crippen molar-refractivity contribution >= 4 is 23.2 Å². The summed E-state index contributed by atoms with van der Waals surface area (Å²) in [6.07, 6.45) is 1.97. The normalized spacial score (nSPS) is 16.6. The first-order valence-electron chi connectivity index (χ1n) is 9.15. The molecule has 1 saturated heterocycles. The monoisotopic (exact) mass is 404 g/mol. The molecule has 0 aliphatic carbocycles. The van der Waals surface area contributed by atoms with Crippen LogP contribution in [-0.2, 0) is 4.79 Å². The lowest BCUT2D eigenvalue weighted by molar-refractivity contribution is -0.117. The van der Waals surface area contributed by atoms with Gasteiger partial charge in [0, 0.05) is 16.6 Å². The van der Waals surface area contributed by atoms with Gasteiger partial charge in [0.15, 0.2) is 0 Å². The lowest BCUT2D eigenvalue weighted by atomic mass is 10.0. The predicted molar refractivity (Wildman–Crippen MR) is 110 cm³/mol. The van der Waals surface area contributed by atoms with Crippen LogP contribution in [0, 0.1) is 0 Å². The van der Waals surface area contributed by atoms with Crippen molar-refractivity contribution in [3.05, 3.63) is 47.0 Å². The minimum absolute atomic E-state index is 0.0945. The number of benzene rings is 2. The molecule has 7 heteroatoms. The average molecular weight is 405 g/mol. The Morgan fingerprint density at radius 2 is 1.86 bits per heavy atom. The smallest absolute Gasteiger partial charge is 0.238 e. The van der Waals surface area contributed by atoms with E-state index in [4.69, 9.17) is 25.8 Å². The third-order valence-electron chi connectivity index (χ3n) is 4.94. The second-order valence-corrected chi connectivity index (χ2v) is 7.07. The van der Waals surface area contributed by atoms with Gasteiger partial charge in [-0.25, -0.2) is 0 Å². The van der Waals surface area contributed by atoms with Crippen LogP contribution in [0.4, 0.5) is 5.69 Å². The molecule has 1 fully saturated rings. The largest absolute Gasteiger partial charge is 0.497 e. The summed E-state index contributed by atoms with van der Waals surface area (Å²) in [5.74, 6) is 2.03. The minimum atomic E-state index is -0.116. The molecule has 0 saturated carbocycles. The van der Waals surface area contributed by atoms with Gasteiger partial charge in [-0.15, -0.1) is 0 Å². The van der Waals surface area contributed by atoms with Gasteiger partial charge >= 0.3 is 0 Å². The average Bonchev–Trinajstić information content (AvgIpc) is 3.15. The summed E-state index contributed by atoms with van der Waals surface area (Å²) < 4.78 is 16.2. The Kier molecular flexibility index (Phi) is 6.65. The molecular weight excluding hydrogens is 380 g/mol. The van der Waals surface area contributed by atoms with Gasteiger partial charge in [0.2, 0.25) is 5.91 Å². The molecule has 0 spiro atoms. The van der Waals surface area contributed by atoms with Crippen LogP contribution in [0.5, 0.6) is 17.2 Å². The van der Waals surface area contributed by atoms with Crippen LogP contribution in [-0.4, -0.2) is 45.2 Å². The number of hydrogen-bond donors (Lipinski definition) is 1. The number of ether oxygens (including phenoxy) is 3. The molecule has 1 heterocycles. The molecule has 1 atom stereocenters. The van der Waals surface area contributed by atoms with Crippen LogP contribution in [0.15, 0.2) is 36.4 Å². The van der Waals surface area contributed by atoms with E-state index in [1.165, 1.54) is 0 Å². The van der Waals surface area contributed by atoms with Gasteiger partial charge in [0.25, 0.3) is 0 Å². The molecule has 6 nitrogen and oxygen atoms in total. The molecule has 28 heavy (non-hydrogen) atoms. The topological polar surface area (TPSA) is 60.0 Å². The van der Waals surface area contributed by atoms with Crippen LogP contribution in [0.2, 0.25) is 5.02 Å². The van der Waals surface area contributed by atoms with E-state index in [9.17, 15) is 4.79 Å². The SMILES string of the molecule is COc1ccc(OC)c(C2CCCN2CC(=O)Nc2cc(Cl)ccc2OC)c1. The lowest BCUT2D eigenvalue weighted by Gasteiger charge is -2.26. The highest BCUT2D eigenvalue weighted by Crippen LogP contribution is 2.38. The summed E-state index contributed by atoms with van der Waals surface area (Å²) in [7, 11) is 4.86. The highest BCUT2D eigenvalue weighted by Gasteiger charge is 2.30. The van der Waals surface area contributed by atoms with E-state index < -0.39 is 0 Å². The van der Waals surface area contributed by atoms with Crippen LogP contribution < -0.4 is 19.5 Å². The van der Waals surface area contributed by atoms with E-state index in [-0.39, 0.29) is 18.5 Å². The first-order valence-corrected chi connectivity index (χ1v) is 9.53. The molecule has 0 bridgehead atoms. The number of hydrogen-bond acceptors (Lipinski definition) is 5. The van der Waals surface area contributed by atoms with Crippen LogP contribution in [0.25, 0.3) is 0 Å². The molecule has 150 valence electrons. The summed E-state index contributed by atoms with van der Waals surface area (Å²) in [4.78, 5) is 14.9. The van der Waals surface area contributed by atoms with Gasteiger partial charge in [-0.2, -0.15) is 0 Å². The number of rotatable bonds is 7. The standard InChI is InChI=1S/C21H25ClN2O4/c1-26-15-7-9-19(27-2)16(12-15)18-5-4-10-24(18)13-21(25)23-17-11-14(22)6-8-20(17)28-3/h6-9,11-12,18H,4-5,10,13H2,1-3H3,(H,23,25). The van der Waals surface area contributed by atoms with Crippen molar-refractivity contribution in [2.75, 3.05) is 39.7 Å². The number of carbonyl (C=O) groups is 1. The number of nitrogens with one attached hydrogen (secondary N) is 1. The van der Waals surface area contributed by atoms with Crippen molar-refractivity contribution in [1.29, 1.82) is 0 Å². The zero-order valence-electron chi connectivity index (χ0n) is 16.3. The Labute approximate surface area is 170 Å². The number of anilines is 1. The van der Waals surface area contributed by atoms with Crippen LogP contribution in [0.3, 0.4) is 0 Å². The van der Waals surface area contributed by atoms with Crippen molar-refractivity contribution in [3.63, 3.8) is 0 Å². The van der Waals surface area contributed by atoms with Gasteiger partial charge in [-0.1, -0.05) is 11.6 Å². The van der Waals surface area contributed by atoms with Crippen molar-refractivity contribution in [1.82, 2.24) is 4.90 Å². The molecule has 1 aliphatic rings. The first kappa shape index (κ1) is 20.3. The number of nitrogens with zero attached hydrogens (tertiary/aromatic N) is 1. The van der Waals surface area contributed by atoms with Crippen molar-refractivity contribution in [2.24, 2.45) is 0 Å². The quantitative estimate of drug-likeness (QED) is 0.751. The maximum atomic E-state index is 12.7. The molecule has 0 aromatic heterocycles. The molecule has 1 unspecified atom stereocenters. The van der Waals surface area contributed by atoms with Crippen molar-refractivity contribution in [3.8, 4) is 17.2 Å². The molecule has 1 N–H and O–H groups in total. The first-order chi connectivity index (χ1) is 13.5. The second-order valence-electron chi connectivity index (χ2n) is 6.63. The Morgan fingerprint density at radius 3 is 2.57 bits per heavy atom. The molecule has 1 aliphatic heterocycles. The Hall–Kier alpha value is -2.44. The van der Waals surface area contributed by atoms with Gasteiger partial charge in [-0.05, 0) is 55.8 Å². The third kappa shape index (κ3) is 4.51. The number of carbonyl (C=O) groups excluding carboxylic acids is 1. The van der Waals surface area contributed by atoms with Gasteiger partial charge in [0.05, 0.1) is 33.6 Å². The minimum Gasteiger partial charge on any atom is -0.497 e. The molecule has 2 aromatic carbocycles. The molecule has 0 radical (unpaired) electrons. The Balaban J connectivity index is 1.75. The van der Waals surface area contributed by atoms with E-state index in [2.05, 4.69) is 10.2 Å². The Morgan fingerprint density at radius 1 is 1.11 bits per heavy atom. The summed E-state index contributed by atoms with van der Waals surface area (Å²) in [5, 5.41) is 3.44. The summed E-state index contributed by atoms with van der Waals surface area (Å²) >= 11 is 6.05. The maximum absolute atomic E-state index is 12.7. The maximum Gasteiger partial charge on any atom is 0.238 e. The number of halogens is 1. The van der Waals surface area contributed by atoms with E-state index in [0.29, 0.717) is 16.5 Å². The summed E-state index contributed by atoms with van der Waals surface area (Å²) in [6.45, 7) is 1.10. The van der Waals surface area contributed by atoms with E-state index >= 15 is 0 Å². The summed E-state index contributed by atoms with van der Waals surface area (Å²) in [5.41, 5.74) is 1.60. The lowest BCUT2D eigenvalue weighted by Crippen LogP contribution is -2.33. The highest BCUT2D eigenvalue weighted by molar-refractivity contribution is 6.31.